The molecule has 2 fully saturated rings. The van der Waals surface area contributed by atoms with E-state index in [0.717, 1.165) is 16.5 Å². The van der Waals surface area contributed by atoms with Crippen molar-refractivity contribution < 1.29 is 33.0 Å². The van der Waals surface area contributed by atoms with Gasteiger partial charge in [-0.25, -0.2) is 14.0 Å². The first-order valence-electron chi connectivity index (χ1n) is 14.0. The van der Waals surface area contributed by atoms with Crippen molar-refractivity contribution in [3.05, 3.63) is 60.0 Å². The summed E-state index contributed by atoms with van der Waals surface area (Å²) in [5, 5.41) is 6.41. The highest BCUT2D eigenvalue weighted by atomic mass is 19.1. The lowest BCUT2D eigenvalue weighted by Gasteiger charge is -2.29. The van der Waals surface area contributed by atoms with E-state index in [4.69, 9.17) is 14.2 Å². The van der Waals surface area contributed by atoms with E-state index in [-0.39, 0.29) is 19.5 Å². The topological polar surface area (TPSA) is 125 Å². The van der Waals surface area contributed by atoms with Crippen molar-refractivity contribution in [2.24, 2.45) is 0 Å². The zero-order valence-corrected chi connectivity index (χ0v) is 23.9. The first-order chi connectivity index (χ1) is 20.1. The summed E-state index contributed by atoms with van der Waals surface area (Å²) >= 11 is 0. The van der Waals surface area contributed by atoms with E-state index >= 15 is 0 Å². The second-order valence-corrected chi connectivity index (χ2v) is 11.4. The predicted octanol–water partition coefficient (Wildman–Crippen LogP) is 3.72. The Morgan fingerprint density at radius 2 is 1.93 bits per heavy atom. The number of nitrogens with one attached hydrogen (secondary N) is 3. The number of nitrogens with zero attached hydrogens (tertiary/aromatic N) is 2. The number of hydrogen-bond acceptors (Lipinski definition) is 7. The highest BCUT2D eigenvalue weighted by Gasteiger charge is 2.34. The molecule has 42 heavy (non-hydrogen) atoms. The molecule has 3 N–H and O–H groups in total. The number of amides is 3. The number of ether oxygens (including phenoxy) is 3. The number of carbonyl (C=O) groups is 3. The maximum atomic E-state index is 14.9. The molecule has 2 aliphatic heterocycles. The van der Waals surface area contributed by atoms with Crippen LogP contribution in [-0.2, 0) is 25.4 Å². The van der Waals surface area contributed by atoms with Gasteiger partial charge in [-0.1, -0.05) is 18.2 Å². The van der Waals surface area contributed by atoms with E-state index in [1.165, 1.54) is 11.0 Å². The molecular weight excluding hydrogens is 545 g/mol. The smallest absolute Gasteiger partial charge is 0.414 e. The highest BCUT2D eigenvalue weighted by molar-refractivity contribution is 5.91. The summed E-state index contributed by atoms with van der Waals surface area (Å²) in [6.07, 6.45) is -0.000362. The second-order valence-electron chi connectivity index (χ2n) is 11.4. The number of H-pyrrole nitrogens is 1. The van der Waals surface area contributed by atoms with Crippen molar-refractivity contribution in [3.63, 3.8) is 0 Å². The lowest BCUT2D eigenvalue weighted by atomic mass is 10.0. The third kappa shape index (κ3) is 6.93. The molecule has 1 unspecified atom stereocenters. The van der Waals surface area contributed by atoms with Gasteiger partial charge in [0.05, 0.1) is 37.7 Å². The maximum absolute atomic E-state index is 14.9. The Morgan fingerprint density at radius 1 is 1.17 bits per heavy atom. The number of benzene rings is 2. The molecule has 1 aromatic heterocycles. The largest absolute Gasteiger partial charge is 0.444 e. The molecule has 11 nitrogen and oxygen atoms in total. The van der Waals surface area contributed by atoms with E-state index in [2.05, 4.69) is 15.6 Å². The second kappa shape index (κ2) is 12.3. The van der Waals surface area contributed by atoms with Crippen LogP contribution < -0.4 is 20.4 Å². The minimum atomic E-state index is -0.950. The van der Waals surface area contributed by atoms with Crippen LogP contribution in [0.25, 0.3) is 10.9 Å². The summed E-state index contributed by atoms with van der Waals surface area (Å²) in [4.78, 5) is 45.0. The number of aromatic amines is 1. The Kier molecular flexibility index (Phi) is 8.53. The third-order valence-electron chi connectivity index (χ3n) is 7.08. The first-order valence-corrected chi connectivity index (χ1v) is 14.0. The number of cyclic esters (lactones) is 1. The average Bonchev–Trinajstić information content (AvgIpc) is 3.53. The molecule has 0 aliphatic carbocycles. The number of halogens is 1. The number of aromatic nitrogens is 1. The Hall–Kier alpha value is -4.32. The van der Waals surface area contributed by atoms with Crippen molar-refractivity contribution in [2.75, 3.05) is 49.2 Å². The van der Waals surface area contributed by atoms with Gasteiger partial charge in [0.15, 0.2) is 0 Å². The van der Waals surface area contributed by atoms with Crippen molar-refractivity contribution in [2.45, 2.75) is 44.9 Å². The van der Waals surface area contributed by atoms with Gasteiger partial charge in [-0.05, 0) is 50.6 Å². The van der Waals surface area contributed by atoms with Gasteiger partial charge in [0.2, 0.25) is 5.91 Å². The number of morpholine rings is 1. The van der Waals surface area contributed by atoms with Crippen LogP contribution in [0.2, 0.25) is 0 Å². The van der Waals surface area contributed by atoms with E-state index < -0.39 is 41.7 Å². The van der Waals surface area contributed by atoms with E-state index in [9.17, 15) is 18.8 Å². The van der Waals surface area contributed by atoms with Crippen LogP contribution in [0, 0.1) is 5.82 Å². The molecule has 0 radical (unpaired) electrons. The highest BCUT2D eigenvalue weighted by Crippen LogP contribution is 2.28. The van der Waals surface area contributed by atoms with Gasteiger partial charge >= 0.3 is 12.2 Å². The normalized spacial score (nSPS) is 18.1. The van der Waals surface area contributed by atoms with Crippen LogP contribution in [0.3, 0.4) is 0 Å². The van der Waals surface area contributed by atoms with Crippen LogP contribution in [0.1, 0.15) is 26.3 Å². The van der Waals surface area contributed by atoms with Gasteiger partial charge in [-0.3, -0.25) is 9.69 Å². The molecule has 5 rings (SSSR count). The molecule has 224 valence electrons. The Balaban J connectivity index is 1.23. The molecule has 2 atom stereocenters. The molecule has 2 aliphatic rings. The number of hydrogen-bond donors (Lipinski definition) is 3. The quantitative estimate of drug-likeness (QED) is 0.370. The van der Waals surface area contributed by atoms with E-state index in [0.29, 0.717) is 37.7 Å². The maximum Gasteiger partial charge on any atom is 0.414 e. The first kappa shape index (κ1) is 29.2. The SMILES string of the molecule is CC(C)(C)OC(=O)N[C@@H](Cc1c[nH]c2ccccc12)C(=O)NCC1CN(c2ccc(N3CCOCC3)c(F)c2)C(=O)O1. The zero-order valence-electron chi connectivity index (χ0n) is 23.9. The van der Waals surface area contributed by atoms with Crippen molar-refractivity contribution >= 4 is 40.4 Å². The molecule has 3 aromatic rings. The van der Waals surface area contributed by atoms with Gasteiger partial charge in [-0.2, -0.15) is 0 Å². The summed E-state index contributed by atoms with van der Waals surface area (Å²) in [6.45, 7) is 7.60. The van der Waals surface area contributed by atoms with Gasteiger partial charge in [-0.15, -0.1) is 0 Å². The van der Waals surface area contributed by atoms with Crippen molar-refractivity contribution in [1.29, 1.82) is 0 Å². The standard InChI is InChI=1S/C30H36FN5O6/c1-30(2,3)42-28(38)34-25(14-19-16-32-24-7-5-4-6-22(19)24)27(37)33-17-21-18-36(29(39)41-21)20-8-9-26(23(31)15-20)35-10-12-40-13-11-35/h4-9,15-16,21,25,32H,10-14,17-18H2,1-3H3,(H,33,37)(H,34,38)/t21?,25-/m0/s1. The molecule has 12 heteroatoms. The fraction of sp³-hybridized carbons (Fsp3) is 0.433. The van der Waals surface area contributed by atoms with Gasteiger partial charge < -0.3 is 34.7 Å². The molecule has 0 spiro atoms. The van der Waals surface area contributed by atoms with Gasteiger partial charge in [0, 0.05) is 36.6 Å². The number of carbonyl (C=O) groups excluding carboxylic acids is 3. The zero-order chi connectivity index (χ0) is 29.9. The predicted molar refractivity (Wildman–Crippen MR) is 155 cm³/mol. The Labute approximate surface area is 243 Å². The molecular formula is C30H36FN5O6. The summed E-state index contributed by atoms with van der Waals surface area (Å²) < 4.78 is 31.1. The summed E-state index contributed by atoms with van der Waals surface area (Å²) in [7, 11) is 0. The van der Waals surface area contributed by atoms with Crippen LogP contribution in [0.5, 0.6) is 0 Å². The van der Waals surface area contributed by atoms with Crippen molar-refractivity contribution in [3.8, 4) is 0 Å². The number of rotatable bonds is 8. The molecule has 2 saturated heterocycles. The van der Waals surface area contributed by atoms with Crippen LogP contribution in [-0.4, -0.2) is 80.2 Å². The number of alkyl carbamates (subject to hydrolysis) is 1. The minimum Gasteiger partial charge on any atom is -0.444 e. The van der Waals surface area contributed by atoms with E-state index in [1.54, 1.807) is 32.9 Å². The summed E-state index contributed by atoms with van der Waals surface area (Å²) in [6, 6.07) is 11.4. The molecule has 3 heterocycles. The van der Waals surface area contributed by atoms with Crippen LogP contribution in [0.4, 0.5) is 25.4 Å². The molecule has 2 aromatic carbocycles. The van der Waals surface area contributed by atoms with E-state index in [1.807, 2.05) is 35.4 Å². The summed E-state index contributed by atoms with van der Waals surface area (Å²) in [5.41, 5.74) is 1.84. The fourth-order valence-corrected chi connectivity index (χ4v) is 5.08. The lowest BCUT2D eigenvalue weighted by molar-refractivity contribution is -0.123. The Morgan fingerprint density at radius 3 is 2.67 bits per heavy atom. The van der Waals surface area contributed by atoms with Crippen LogP contribution >= 0.6 is 0 Å². The van der Waals surface area contributed by atoms with Gasteiger partial charge in [0.1, 0.15) is 23.6 Å². The van der Waals surface area contributed by atoms with Gasteiger partial charge in [0.25, 0.3) is 0 Å². The third-order valence-corrected chi connectivity index (χ3v) is 7.08. The monoisotopic (exact) mass is 581 g/mol. The number of fused-ring (bicyclic) bond motifs is 1. The number of anilines is 2. The molecule has 3 amide bonds. The number of para-hydroxylation sites is 1. The molecule has 0 bridgehead atoms. The average molecular weight is 582 g/mol. The summed E-state index contributed by atoms with van der Waals surface area (Å²) in [5.74, 6) is -0.895. The van der Waals surface area contributed by atoms with Crippen molar-refractivity contribution in [1.82, 2.24) is 15.6 Å². The van der Waals surface area contributed by atoms with Crippen LogP contribution in [0.15, 0.2) is 48.7 Å². The Bertz CT molecular complexity index is 1450. The minimum absolute atomic E-state index is 0.00972. The molecule has 0 saturated carbocycles. The fourth-order valence-electron chi connectivity index (χ4n) is 5.08. The lowest BCUT2D eigenvalue weighted by Crippen LogP contribution is -2.50.